The van der Waals surface area contributed by atoms with E-state index in [4.69, 9.17) is 4.98 Å². The normalized spacial score (nSPS) is 20.5. The number of piperidine rings is 1. The Bertz CT molecular complexity index is 832. The Morgan fingerprint density at radius 3 is 2.67 bits per heavy atom. The fourth-order valence-electron chi connectivity index (χ4n) is 4.85. The van der Waals surface area contributed by atoms with Crippen molar-refractivity contribution in [3.05, 3.63) is 29.2 Å². The van der Waals surface area contributed by atoms with Gasteiger partial charge in [0.25, 0.3) is 5.91 Å². The SMILES string of the molecule is CCc1cc(CC2CCCC2)nc2cc(C(=O)N3CCCCC3(C)C)nn12. The third-order valence-corrected chi connectivity index (χ3v) is 6.50. The molecule has 0 radical (unpaired) electrons. The van der Waals surface area contributed by atoms with Gasteiger partial charge in [-0.05, 0) is 57.9 Å². The Hall–Kier alpha value is -1.91. The molecule has 0 bridgehead atoms. The van der Waals surface area contributed by atoms with Crippen molar-refractivity contribution >= 4 is 11.6 Å². The Labute approximate surface area is 162 Å². The van der Waals surface area contributed by atoms with E-state index in [1.165, 1.54) is 32.1 Å². The summed E-state index contributed by atoms with van der Waals surface area (Å²) in [5, 5.41) is 4.66. The van der Waals surface area contributed by atoms with Crippen LogP contribution in [0.15, 0.2) is 12.1 Å². The van der Waals surface area contributed by atoms with Gasteiger partial charge in [0.1, 0.15) is 0 Å². The quantitative estimate of drug-likeness (QED) is 0.802. The molecule has 5 heteroatoms. The number of aryl methyl sites for hydroxylation is 1. The predicted molar refractivity (Wildman–Crippen MR) is 107 cm³/mol. The van der Waals surface area contributed by atoms with E-state index in [0.717, 1.165) is 55.2 Å². The summed E-state index contributed by atoms with van der Waals surface area (Å²) in [6.07, 6.45) is 10.6. The summed E-state index contributed by atoms with van der Waals surface area (Å²) >= 11 is 0. The summed E-state index contributed by atoms with van der Waals surface area (Å²) in [5.74, 6) is 0.812. The molecule has 2 aromatic heterocycles. The van der Waals surface area contributed by atoms with E-state index < -0.39 is 0 Å². The minimum Gasteiger partial charge on any atom is -0.332 e. The smallest absolute Gasteiger partial charge is 0.274 e. The Morgan fingerprint density at radius 2 is 1.96 bits per heavy atom. The van der Waals surface area contributed by atoms with Crippen molar-refractivity contribution in [3.8, 4) is 0 Å². The Morgan fingerprint density at radius 1 is 1.19 bits per heavy atom. The molecule has 5 nitrogen and oxygen atoms in total. The molecule has 0 unspecified atom stereocenters. The van der Waals surface area contributed by atoms with Gasteiger partial charge in [0, 0.05) is 29.5 Å². The highest BCUT2D eigenvalue weighted by Crippen LogP contribution is 2.30. The first-order valence-electron chi connectivity index (χ1n) is 10.7. The molecule has 0 atom stereocenters. The zero-order valence-electron chi connectivity index (χ0n) is 17.0. The van der Waals surface area contributed by atoms with Crippen LogP contribution in [0.2, 0.25) is 0 Å². The number of hydrogen-bond donors (Lipinski definition) is 0. The minimum absolute atomic E-state index is 0.0459. The lowest BCUT2D eigenvalue weighted by molar-refractivity contribution is 0.0427. The fourth-order valence-corrected chi connectivity index (χ4v) is 4.85. The van der Waals surface area contributed by atoms with Crippen LogP contribution in [0.3, 0.4) is 0 Å². The molecule has 0 N–H and O–H groups in total. The zero-order chi connectivity index (χ0) is 19.0. The van der Waals surface area contributed by atoms with Crippen LogP contribution in [0.1, 0.15) is 87.6 Å². The van der Waals surface area contributed by atoms with E-state index >= 15 is 0 Å². The first-order chi connectivity index (χ1) is 13.0. The molecule has 2 aliphatic rings. The van der Waals surface area contributed by atoms with Crippen LogP contribution >= 0.6 is 0 Å². The molecule has 1 aliphatic carbocycles. The van der Waals surface area contributed by atoms with Gasteiger partial charge < -0.3 is 4.90 Å². The van der Waals surface area contributed by atoms with Crippen molar-refractivity contribution in [2.45, 2.75) is 84.1 Å². The average molecular weight is 369 g/mol. The third-order valence-electron chi connectivity index (χ3n) is 6.50. The maximum Gasteiger partial charge on any atom is 0.274 e. The van der Waals surface area contributed by atoms with Gasteiger partial charge in [-0.15, -0.1) is 0 Å². The predicted octanol–water partition coefficient (Wildman–Crippen LogP) is 4.43. The molecular weight excluding hydrogens is 336 g/mol. The number of carbonyl (C=O) groups is 1. The van der Waals surface area contributed by atoms with Crippen molar-refractivity contribution in [2.24, 2.45) is 5.92 Å². The highest BCUT2D eigenvalue weighted by Gasteiger charge is 2.35. The second-order valence-corrected chi connectivity index (χ2v) is 8.97. The van der Waals surface area contributed by atoms with Crippen molar-refractivity contribution in [1.29, 1.82) is 0 Å². The van der Waals surface area contributed by atoms with Crippen LogP contribution in [0.25, 0.3) is 5.65 Å². The third kappa shape index (κ3) is 3.61. The van der Waals surface area contributed by atoms with Crippen LogP contribution in [0.4, 0.5) is 0 Å². The highest BCUT2D eigenvalue weighted by atomic mass is 16.2. The average Bonchev–Trinajstić information content (AvgIpc) is 3.29. The highest BCUT2D eigenvalue weighted by molar-refractivity contribution is 5.94. The summed E-state index contributed by atoms with van der Waals surface area (Å²) < 4.78 is 1.88. The van der Waals surface area contributed by atoms with E-state index in [1.807, 2.05) is 15.5 Å². The standard InChI is InChI=1S/C22H32N4O/c1-4-18-14-17(13-16-9-5-6-10-16)23-20-15-19(24-26(18)20)21(27)25-12-8-7-11-22(25,2)3/h14-16H,4-13H2,1-3H3. The molecule has 1 saturated heterocycles. The molecule has 27 heavy (non-hydrogen) atoms. The summed E-state index contributed by atoms with van der Waals surface area (Å²) in [6, 6.07) is 4.09. The number of carbonyl (C=O) groups excluding carboxylic acids is 1. The lowest BCUT2D eigenvalue weighted by Gasteiger charge is -2.42. The molecule has 2 aromatic rings. The van der Waals surface area contributed by atoms with Gasteiger partial charge in [0.2, 0.25) is 0 Å². The number of aromatic nitrogens is 3. The van der Waals surface area contributed by atoms with Gasteiger partial charge >= 0.3 is 0 Å². The number of nitrogens with zero attached hydrogens (tertiary/aromatic N) is 4. The number of likely N-dealkylation sites (tertiary alicyclic amines) is 1. The van der Waals surface area contributed by atoms with Gasteiger partial charge in [0.05, 0.1) is 0 Å². The zero-order valence-corrected chi connectivity index (χ0v) is 17.0. The van der Waals surface area contributed by atoms with E-state index in [-0.39, 0.29) is 11.4 Å². The fraction of sp³-hybridized carbons (Fsp3) is 0.682. The largest absolute Gasteiger partial charge is 0.332 e. The lowest BCUT2D eigenvalue weighted by Crippen LogP contribution is -2.50. The molecule has 1 saturated carbocycles. The molecule has 4 rings (SSSR count). The molecule has 0 aromatic carbocycles. The first kappa shape index (κ1) is 18.5. The van der Waals surface area contributed by atoms with Crippen LogP contribution in [0, 0.1) is 5.92 Å². The second-order valence-electron chi connectivity index (χ2n) is 8.97. The van der Waals surface area contributed by atoms with Crippen LogP contribution in [0.5, 0.6) is 0 Å². The van der Waals surface area contributed by atoms with Crippen LogP contribution < -0.4 is 0 Å². The maximum absolute atomic E-state index is 13.2. The molecule has 1 aliphatic heterocycles. The molecule has 3 heterocycles. The maximum atomic E-state index is 13.2. The summed E-state index contributed by atoms with van der Waals surface area (Å²) in [6.45, 7) is 7.29. The summed E-state index contributed by atoms with van der Waals surface area (Å²) in [5.41, 5.74) is 3.55. The topological polar surface area (TPSA) is 50.5 Å². The number of amides is 1. The first-order valence-corrected chi connectivity index (χ1v) is 10.7. The van der Waals surface area contributed by atoms with E-state index in [9.17, 15) is 4.79 Å². The van der Waals surface area contributed by atoms with E-state index in [0.29, 0.717) is 5.69 Å². The van der Waals surface area contributed by atoms with Crippen molar-refractivity contribution in [2.75, 3.05) is 6.54 Å². The second kappa shape index (κ2) is 7.25. The molecule has 0 spiro atoms. The molecule has 146 valence electrons. The molecule has 1 amide bonds. The molecular formula is C22H32N4O. The molecule has 2 fully saturated rings. The van der Waals surface area contributed by atoms with Crippen LogP contribution in [-0.2, 0) is 12.8 Å². The summed E-state index contributed by atoms with van der Waals surface area (Å²) in [4.78, 5) is 20.0. The van der Waals surface area contributed by atoms with Gasteiger partial charge in [0.15, 0.2) is 11.3 Å². The van der Waals surface area contributed by atoms with E-state index in [2.05, 4.69) is 31.9 Å². The van der Waals surface area contributed by atoms with E-state index in [1.54, 1.807) is 0 Å². The minimum atomic E-state index is -0.0974. The van der Waals surface area contributed by atoms with Gasteiger partial charge in [-0.1, -0.05) is 32.6 Å². The van der Waals surface area contributed by atoms with Crippen molar-refractivity contribution < 1.29 is 4.79 Å². The number of rotatable bonds is 4. The Kier molecular flexibility index (Phi) is 4.95. The van der Waals surface area contributed by atoms with Gasteiger partial charge in [-0.3, -0.25) is 4.79 Å². The van der Waals surface area contributed by atoms with Crippen LogP contribution in [-0.4, -0.2) is 37.5 Å². The summed E-state index contributed by atoms with van der Waals surface area (Å²) in [7, 11) is 0. The van der Waals surface area contributed by atoms with Crippen molar-refractivity contribution in [3.63, 3.8) is 0 Å². The Balaban J connectivity index is 1.65. The van der Waals surface area contributed by atoms with Gasteiger partial charge in [-0.2, -0.15) is 5.10 Å². The van der Waals surface area contributed by atoms with Crippen molar-refractivity contribution in [1.82, 2.24) is 19.5 Å². The van der Waals surface area contributed by atoms with Gasteiger partial charge in [-0.25, -0.2) is 9.50 Å². The lowest BCUT2D eigenvalue weighted by atomic mass is 9.90. The number of fused-ring (bicyclic) bond motifs is 1. The number of hydrogen-bond acceptors (Lipinski definition) is 3. The monoisotopic (exact) mass is 368 g/mol.